The number of fused-ring (bicyclic) bond motifs is 2. The van der Waals surface area contributed by atoms with Gasteiger partial charge in [-0.25, -0.2) is 0 Å². The number of carbonyl (C=O) groups excluding carboxylic acids is 2. The third kappa shape index (κ3) is 5.54. The number of hydrogen-bond donors (Lipinski definition) is 0. The van der Waals surface area contributed by atoms with E-state index in [0.717, 1.165) is 22.1 Å². The Morgan fingerprint density at radius 2 is 1.68 bits per heavy atom. The maximum atomic E-state index is 12.1. The van der Waals surface area contributed by atoms with Crippen molar-refractivity contribution < 1.29 is 23.8 Å². The third-order valence-corrected chi connectivity index (χ3v) is 5.45. The first kappa shape index (κ1) is 24.8. The number of ketones is 1. The van der Waals surface area contributed by atoms with E-state index in [1.807, 2.05) is 50.2 Å². The number of aromatic nitrogens is 1. The van der Waals surface area contributed by atoms with Crippen LogP contribution < -0.4 is 10.3 Å². The highest BCUT2D eigenvalue weighted by molar-refractivity contribution is 6.00. The fraction of sp³-hybridized carbons (Fsp3) is 0.296. The molecule has 7 nitrogen and oxygen atoms in total. The number of esters is 1. The van der Waals surface area contributed by atoms with Crippen molar-refractivity contribution in [1.82, 2.24) is 4.57 Å². The summed E-state index contributed by atoms with van der Waals surface area (Å²) in [5, 5.41) is 0.794. The predicted molar refractivity (Wildman–Crippen MR) is 131 cm³/mol. The molecule has 0 amide bonds. The smallest absolute Gasteiger partial charge is 0.326 e. The zero-order chi connectivity index (χ0) is 24.8. The molecule has 2 aromatic carbocycles. The molecule has 1 aromatic heterocycles. The molecule has 0 aliphatic heterocycles. The van der Waals surface area contributed by atoms with Gasteiger partial charge in [0.2, 0.25) is 0 Å². The normalized spacial score (nSPS) is 12.3. The van der Waals surface area contributed by atoms with Crippen molar-refractivity contribution >= 4 is 28.4 Å². The van der Waals surface area contributed by atoms with Crippen LogP contribution in [0.2, 0.25) is 0 Å². The Morgan fingerprint density at radius 1 is 0.971 bits per heavy atom. The summed E-state index contributed by atoms with van der Waals surface area (Å²) in [7, 11) is 3.11. The van der Waals surface area contributed by atoms with E-state index >= 15 is 0 Å². The SMILES string of the molecule is CCOC(=O)Cn1c(=O)cc(OC)c2ccc(C)cc21.COC1=CC(=O)Cc2cc(C)ccc21. The van der Waals surface area contributed by atoms with Gasteiger partial charge in [-0.2, -0.15) is 0 Å². The minimum atomic E-state index is -0.428. The lowest BCUT2D eigenvalue weighted by Crippen LogP contribution is -2.25. The van der Waals surface area contributed by atoms with Gasteiger partial charge in [-0.1, -0.05) is 29.8 Å². The molecule has 3 aromatic rings. The van der Waals surface area contributed by atoms with E-state index in [1.165, 1.54) is 23.3 Å². The Balaban J connectivity index is 0.000000202. The molecule has 0 saturated heterocycles. The average molecular weight is 464 g/mol. The second kappa shape index (κ2) is 10.8. The maximum Gasteiger partial charge on any atom is 0.326 e. The molecule has 0 N–H and O–H groups in total. The van der Waals surface area contributed by atoms with Gasteiger partial charge in [0.1, 0.15) is 18.1 Å². The number of allylic oxidation sites excluding steroid dienone is 1. The van der Waals surface area contributed by atoms with E-state index in [1.54, 1.807) is 20.1 Å². The molecule has 4 rings (SSSR count). The van der Waals surface area contributed by atoms with E-state index < -0.39 is 5.97 Å². The summed E-state index contributed by atoms with van der Waals surface area (Å²) in [5.74, 6) is 0.865. The Bertz CT molecular complexity index is 1320. The van der Waals surface area contributed by atoms with Crippen LogP contribution in [0.5, 0.6) is 5.75 Å². The number of ether oxygens (including phenoxy) is 3. The zero-order valence-corrected chi connectivity index (χ0v) is 20.1. The topological polar surface area (TPSA) is 83.8 Å². The standard InChI is InChI=1S/C15H17NO4.C12H12O2/c1-4-20-15(18)9-16-12-7-10(2)5-6-11(12)13(19-3)8-14(16)17;1-8-3-4-11-9(5-8)6-10(13)7-12(11)14-2/h5-8H,4,9H2,1-3H3;3-5,7H,6H2,1-2H3. The monoisotopic (exact) mass is 463 g/mol. The van der Waals surface area contributed by atoms with Crippen LogP contribution in [0.1, 0.15) is 29.2 Å². The van der Waals surface area contributed by atoms with Gasteiger partial charge in [0, 0.05) is 29.5 Å². The molecular formula is C27H29NO6. The average Bonchev–Trinajstić information content (AvgIpc) is 2.80. The van der Waals surface area contributed by atoms with E-state index in [-0.39, 0.29) is 17.9 Å². The van der Waals surface area contributed by atoms with Crippen molar-refractivity contribution in [2.45, 2.75) is 33.7 Å². The molecule has 0 radical (unpaired) electrons. The summed E-state index contributed by atoms with van der Waals surface area (Å²) in [6, 6.07) is 13.1. The summed E-state index contributed by atoms with van der Waals surface area (Å²) in [5.41, 5.74) is 4.67. The van der Waals surface area contributed by atoms with Crippen molar-refractivity contribution in [2.75, 3.05) is 20.8 Å². The number of rotatable bonds is 5. The van der Waals surface area contributed by atoms with Crippen LogP contribution in [-0.2, 0) is 32.0 Å². The minimum absolute atomic E-state index is 0.101. The number of carbonyl (C=O) groups is 2. The molecule has 0 bridgehead atoms. The second-order valence-corrected chi connectivity index (χ2v) is 7.98. The van der Waals surface area contributed by atoms with Crippen molar-refractivity contribution in [1.29, 1.82) is 0 Å². The molecule has 0 unspecified atom stereocenters. The summed E-state index contributed by atoms with van der Waals surface area (Å²) in [6.45, 7) is 5.88. The molecule has 1 aliphatic carbocycles. The second-order valence-electron chi connectivity index (χ2n) is 7.98. The number of aryl methyl sites for hydroxylation is 2. The van der Waals surface area contributed by atoms with Gasteiger partial charge < -0.3 is 14.2 Å². The van der Waals surface area contributed by atoms with E-state index in [9.17, 15) is 14.4 Å². The van der Waals surface area contributed by atoms with Crippen LogP contribution in [0.4, 0.5) is 0 Å². The Kier molecular flexibility index (Phi) is 7.89. The van der Waals surface area contributed by atoms with Crippen molar-refractivity contribution in [3.8, 4) is 5.75 Å². The van der Waals surface area contributed by atoms with Crippen LogP contribution in [0.3, 0.4) is 0 Å². The number of pyridine rings is 1. The van der Waals surface area contributed by atoms with Gasteiger partial charge in [0.15, 0.2) is 5.78 Å². The number of methoxy groups -OCH3 is 2. The van der Waals surface area contributed by atoms with Crippen molar-refractivity contribution in [2.24, 2.45) is 0 Å². The van der Waals surface area contributed by atoms with Gasteiger partial charge in [-0.3, -0.25) is 19.0 Å². The highest BCUT2D eigenvalue weighted by Gasteiger charge is 2.17. The van der Waals surface area contributed by atoms with Gasteiger partial charge >= 0.3 is 5.97 Å². The first-order valence-corrected chi connectivity index (χ1v) is 11.0. The first-order chi connectivity index (χ1) is 16.3. The highest BCUT2D eigenvalue weighted by atomic mass is 16.5. The molecule has 0 saturated carbocycles. The molecule has 0 fully saturated rings. The number of hydrogen-bond acceptors (Lipinski definition) is 6. The van der Waals surface area contributed by atoms with Crippen LogP contribution in [0, 0.1) is 13.8 Å². The van der Waals surface area contributed by atoms with Gasteiger partial charge in [0.25, 0.3) is 5.56 Å². The van der Waals surface area contributed by atoms with E-state index in [2.05, 4.69) is 0 Å². The van der Waals surface area contributed by atoms with Gasteiger partial charge in [0.05, 0.1) is 26.3 Å². The molecule has 0 atom stereocenters. The summed E-state index contributed by atoms with van der Waals surface area (Å²) >= 11 is 0. The Hall–Kier alpha value is -3.87. The lowest BCUT2D eigenvalue weighted by Gasteiger charge is -2.16. The van der Waals surface area contributed by atoms with Crippen LogP contribution in [0.15, 0.2) is 53.3 Å². The van der Waals surface area contributed by atoms with Gasteiger partial charge in [-0.15, -0.1) is 0 Å². The molecular weight excluding hydrogens is 434 g/mol. The Labute approximate surface area is 198 Å². The number of nitrogens with zero attached hydrogens (tertiary/aromatic N) is 1. The largest absolute Gasteiger partial charge is 0.496 e. The lowest BCUT2D eigenvalue weighted by molar-refractivity contribution is -0.143. The quantitative estimate of drug-likeness (QED) is 0.532. The molecule has 7 heteroatoms. The van der Waals surface area contributed by atoms with E-state index in [4.69, 9.17) is 14.2 Å². The fourth-order valence-corrected chi connectivity index (χ4v) is 3.87. The van der Waals surface area contributed by atoms with Crippen LogP contribution in [0.25, 0.3) is 16.7 Å². The highest BCUT2D eigenvalue weighted by Crippen LogP contribution is 2.26. The molecule has 34 heavy (non-hydrogen) atoms. The van der Waals surface area contributed by atoms with Gasteiger partial charge in [-0.05, 0) is 44.0 Å². The third-order valence-electron chi connectivity index (χ3n) is 5.45. The fourth-order valence-electron chi connectivity index (χ4n) is 3.87. The molecule has 1 aliphatic rings. The van der Waals surface area contributed by atoms with Crippen molar-refractivity contribution in [3.05, 3.63) is 81.1 Å². The molecule has 1 heterocycles. The first-order valence-electron chi connectivity index (χ1n) is 11.0. The summed E-state index contributed by atoms with van der Waals surface area (Å²) in [6.07, 6.45) is 2.06. The zero-order valence-electron chi connectivity index (χ0n) is 20.1. The van der Waals surface area contributed by atoms with Crippen LogP contribution >= 0.6 is 0 Å². The lowest BCUT2D eigenvalue weighted by atomic mass is 9.93. The summed E-state index contributed by atoms with van der Waals surface area (Å²) in [4.78, 5) is 35.1. The minimum Gasteiger partial charge on any atom is -0.496 e. The number of benzene rings is 2. The molecule has 0 spiro atoms. The predicted octanol–water partition coefficient (Wildman–Crippen LogP) is 3.99. The summed E-state index contributed by atoms with van der Waals surface area (Å²) < 4.78 is 16.7. The van der Waals surface area contributed by atoms with Crippen LogP contribution in [-0.4, -0.2) is 37.1 Å². The van der Waals surface area contributed by atoms with E-state index in [0.29, 0.717) is 30.1 Å². The maximum absolute atomic E-state index is 12.1. The molecule has 178 valence electrons. The van der Waals surface area contributed by atoms with Crippen molar-refractivity contribution in [3.63, 3.8) is 0 Å². The Morgan fingerprint density at radius 3 is 2.35 bits per heavy atom.